The molecule has 0 bridgehead atoms. The van der Waals surface area contributed by atoms with E-state index >= 15 is 0 Å². The van der Waals surface area contributed by atoms with Gasteiger partial charge < -0.3 is 10.3 Å². The first kappa shape index (κ1) is 17.8. The van der Waals surface area contributed by atoms with Gasteiger partial charge in [0.15, 0.2) is 0 Å². The summed E-state index contributed by atoms with van der Waals surface area (Å²) in [7, 11) is 0. The third kappa shape index (κ3) is 4.21. The van der Waals surface area contributed by atoms with E-state index in [9.17, 15) is 0 Å². The zero-order chi connectivity index (χ0) is 18.6. The van der Waals surface area contributed by atoms with Gasteiger partial charge in [0.2, 0.25) is 5.95 Å². The lowest BCUT2D eigenvalue weighted by Gasteiger charge is -2.07. The normalized spacial score (nSPS) is 11.0. The summed E-state index contributed by atoms with van der Waals surface area (Å²) in [5, 5.41) is 5.65. The second-order valence-electron chi connectivity index (χ2n) is 6.22. The number of aromatic amines is 1. The molecule has 0 saturated heterocycles. The number of anilines is 1. The topological polar surface area (TPSA) is 66.5 Å². The number of benzene rings is 1. The minimum absolute atomic E-state index is 0.606. The molecule has 0 spiro atoms. The molecule has 1 aromatic carbocycles. The van der Waals surface area contributed by atoms with Crippen LogP contribution < -0.4 is 5.32 Å². The van der Waals surface area contributed by atoms with E-state index in [4.69, 9.17) is 23.2 Å². The Morgan fingerprint density at radius 3 is 2.59 bits per heavy atom. The molecule has 0 aliphatic heterocycles. The summed E-state index contributed by atoms with van der Waals surface area (Å²) >= 11 is 12.2. The van der Waals surface area contributed by atoms with Gasteiger partial charge in [-0.05, 0) is 35.2 Å². The fraction of sp³-hybridized carbons (Fsp3) is 0.150. The van der Waals surface area contributed by atoms with E-state index in [1.54, 1.807) is 6.20 Å². The fourth-order valence-corrected chi connectivity index (χ4v) is 3.33. The maximum Gasteiger partial charge on any atom is 0.222 e. The molecule has 4 rings (SSSR count). The molecule has 0 radical (unpaired) electrons. The lowest BCUT2D eigenvalue weighted by molar-refractivity contribution is 0.974. The molecule has 2 N–H and O–H groups in total. The van der Waals surface area contributed by atoms with Gasteiger partial charge in [-0.1, -0.05) is 41.4 Å². The van der Waals surface area contributed by atoms with Crippen molar-refractivity contribution in [3.63, 3.8) is 0 Å². The zero-order valence-corrected chi connectivity index (χ0v) is 15.9. The first-order valence-electron chi connectivity index (χ1n) is 8.59. The van der Waals surface area contributed by atoms with Crippen molar-refractivity contribution >= 4 is 40.2 Å². The van der Waals surface area contributed by atoms with E-state index in [1.807, 2.05) is 48.9 Å². The summed E-state index contributed by atoms with van der Waals surface area (Å²) in [6.45, 7) is 0.718. The van der Waals surface area contributed by atoms with E-state index < -0.39 is 0 Å². The van der Waals surface area contributed by atoms with Crippen LogP contribution in [-0.2, 0) is 12.8 Å². The summed E-state index contributed by atoms with van der Waals surface area (Å²) in [6, 6.07) is 9.76. The van der Waals surface area contributed by atoms with Gasteiger partial charge in [-0.2, -0.15) is 0 Å². The lowest BCUT2D eigenvalue weighted by Crippen LogP contribution is -2.08. The van der Waals surface area contributed by atoms with Gasteiger partial charge in [0.1, 0.15) is 5.65 Å². The van der Waals surface area contributed by atoms with Gasteiger partial charge in [0, 0.05) is 48.2 Å². The Kier molecular flexibility index (Phi) is 5.23. The Morgan fingerprint density at radius 1 is 0.963 bits per heavy atom. The molecule has 136 valence electrons. The molecule has 4 aromatic rings. The number of nitrogens with one attached hydrogen (secondary N) is 2. The number of H-pyrrole nitrogens is 1. The van der Waals surface area contributed by atoms with E-state index in [-0.39, 0.29) is 0 Å². The highest BCUT2D eigenvalue weighted by Crippen LogP contribution is 2.22. The van der Waals surface area contributed by atoms with E-state index in [0.717, 1.165) is 45.7 Å². The molecule has 27 heavy (non-hydrogen) atoms. The van der Waals surface area contributed by atoms with E-state index in [0.29, 0.717) is 17.4 Å². The number of fused-ring (bicyclic) bond motifs is 1. The SMILES string of the molecule is Clc1cnc2[nH]cc(Cc3cnc(NCCc4ccccc4Cl)nc3)c2c1. The molecule has 0 aliphatic rings. The molecule has 0 atom stereocenters. The van der Waals surface area contributed by atoms with Crippen LogP contribution in [-0.4, -0.2) is 26.5 Å². The number of pyridine rings is 1. The van der Waals surface area contributed by atoms with Gasteiger partial charge >= 0.3 is 0 Å². The highest BCUT2D eigenvalue weighted by molar-refractivity contribution is 6.31. The van der Waals surface area contributed by atoms with Crippen LogP contribution in [0.2, 0.25) is 10.0 Å². The largest absolute Gasteiger partial charge is 0.354 e. The van der Waals surface area contributed by atoms with Crippen molar-refractivity contribution in [1.29, 1.82) is 0 Å². The molecule has 0 saturated carbocycles. The van der Waals surface area contributed by atoms with E-state index in [2.05, 4.69) is 25.3 Å². The van der Waals surface area contributed by atoms with Crippen molar-refractivity contribution in [2.45, 2.75) is 12.8 Å². The van der Waals surface area contributed by atoms with Crippen LogP contribution in [0.3, 0.4) is 0 Å². The van der Waals surface area contributed by atoms with Crippen LogP contribution in [0.25, 0.3) is 11.0 Å². The number of hydrogen-bond acceptors (Lipinski definition) is 4. The molecule has 0 unspecified atom stereocenters. The van der Waals surface area contributed by atoms with Crippen LogP contribution in [0.15, 0.2) is 55.1 Å². The fourth-order valence-electron chi connectivity index (χ4n) is 2.95. The predicted octanol–water partition coefficient (Wildman–Crippen LogP) is 4.91. The van der Waals surface area contributed by atoms with Crippen molar-refractivity contribution in [3.8, 4) is 0 Å². The summed E-state index contributed by atoms with van der Waals surface area (Å²) in [5.74, 6) is 0.606. The Labute approximate surface area is 166 Å². The maximum atomic E-state index is 6.17. The molecule has 0 fully saturated rings. The smallest absolute Gasteiger partial charge is 0.222 e. The number of hydrogen-bond donors (Lipinski definition) is 2. The Morgan fingerprint density at radius 2 is 1.78 bits per heavy atom. The average Bonchev–Trinajstić information content (AvgIpc) is 3.07. The first-order valence-corrected chi connectivity index (χ1v) is 9.34. The highest BCUT2D eigenvalue weighted by atomic mass is 35.5. The Balaban J connectivity index is 1.38. The standard InChI is InChI=1S/C20H17Cl2N5/c21-16-8-17-15(11-24-19(17)25-12-16)7-13-9-26-20(27-10-13)23-6-5-14-3-1-2-4-18(14)22/h1-4,8-12H,5-7H2,(H,24,25)(H,23,26,27). The lowest BCUT2D eigenvalue weighted by atomic mass is 10.1. The van der Waals surface area contributed by atoms with Gasteiger partial charge in [0.25, 0.3) is 0 Å². The van der Waals surface area contributed by atoms with Crippen LogP contribution in [0.5, 0.6) is 0 Å². The average molecular weight is 398 g/mol. The van der Waals surface area contributed by atoms with Crippen molar-refractivity contribution in [3.05, 3.63) is 81.9 Å². The van der Waals surface area contributed by atoms with Crippen LogP contribution in [0.1, 0.15) is 16.7 Å². The van der Waals surface area contributed by atoms with Crippen molar-refractivity contribution in [1.82, 2.24) is 19.9 Å². The molecule has 3 aromatic heterocycles. The Bertz CT molecular complexity index is 1060. The molecule has 0 amide bonds. The summed E-state index contributed by atoms with van der Waals surface area (Å²) in [5.41, 5.74) is 4.07. The number of rotatable bonds is 6. The zero-order valence-electron chi connectivity index (χ0n) is 14.4. The third-order valence-corrected chi connectivity index (χ3v) is 4.89. The minimum atomic E-state index is 0.606. The summed E-state index contributed by atoms with van der Waals surface area (Å²) < 4.78 is 0. The van der Waals surface area contributed by atoms with Gasteiger partial charge in [-0.25, -0.2) is 15.0 Å². The summed E-state index contributed by atoms with van der Waals surface area (Å²) in [4.78, 5) is 16.3. The van der Waals surface area contributed by atoms with Crippen molar-refractivity contribution < 1.29 is 0 Å². The maximum absolute atomic E-state index is 6.17. The predicted molar refractivity (Wildman–Crippen MR) is 110 cm³/mol. The molecule has 3 heterocycles. The third-order valence-electron chi connectivity index (χ3n) is 4.32. The second kappa shape index (κ2) is 7.94. The van der Waals surface area contributed by atoms with Crippen LogP contribution in [0, 0.1) is 0 Å². The van der Waals surface area contributed by atoms with Crippen molar-refractivity contribution in [2.24, 2.45) is 0 Å². The molecular weight excluding hydrogens is 381 g/mol. The molecule has 5 nitrogen and oxygen atoms in total. The van der Waals surface area contributed by atoms with Gasteiger partial charge in [-0.15, -0.1) is 0 Å². The van der Waals surface area contributed by atoms with Crippen molar-refractivity contribution in [2.75, 3.05) is 11.9 Å². The number of halogens is 2. The molecular formula is C20H17Cl2N5. The first-order chi connectivity index (χ1) is 13.2. The van der Waals surface area contributed by atoms with Gasteiger partial charge in [-0.3, -0.25) is 0 Å². The quantitative estimate of drug-likeness (QED) is 0.485. The van der Waals surface area contributed by atoms with Gasteiger partial charge in [0.05, 0.1) is 5.02 Å². The Hall–Kier alpha value is -2.63. The highest BCUT2D eigenvalue weighted by Gasteiger charge is 2.07. The van der Waals surface area contributed by atoms with Crippen LogP contribution in [0.4, 0.5) is 5.95 Å². The number of aromatic nitrogens is 4. The molecule has 0 aliphatic carbocycles. The number of nitrogens with zero attached hydrogens (tertiary/aromatic N) is 3. The minimum Gasteiger partial charge on any atom is -0.354 e. The second-order valence-corrected chi connectivity index (χ2v) is 7.07. The van der Waals surface area contributed by atoms with Crippen LogP contribution >= 0.6 is 23.2 Å². The summed E-state index contributed by atoms with van der Waals surface area (Å²) in [6.07, 6.45) is 8.78. The van der Waals surface area contributed by atoms with E-state index in [1.165, 1.54) is 0 Å². The molecule has 7 heteroatoms. The monoisotopic (exact) mass is 397 g/mol.